The molecule has 4 aliphatic heterocycles. The van der Waals surface area contributed by atoms with E-state index in [0.29, 0.717) is 57.9 Å². The Morgan fingerprint density at radius 2 is 1.46 bits per heavy atom. The number of ether oxygens (including phenoxy) is 5. The van der Waals surface area contributed by atoms with E-state index in [1.165, 1.54) is 6.42 Å². The molecule has 41 heavy (non-hydrogen) atoms. The number of pyridine rings is 2. The van der Waals surface area contributed by atoms with Gasteiger partial charge in [-0.05, 0) is 40.2 Å². The predicted molar refractivity (Wildman–Crippen MR) is 152 cm³/mol. The van der Waals surface area contributed by atoms with Crippen LogP contribution in [0.25, 0.3) is 0 Å². The van der Waals surface area contributed by atoms with Crippen LogP contribution in [0.3, 0.4) is 0 Å². The zero-order valence-corrected chi connectivity index (χ0v) is 24.2. The lowest BCUT2D eigenvalue weighted by molar-refractivity contribution is 0.0291. The number of rotatable bonds is 6. The molecule has 2 saturated heterocycles. The number of aromatic nitrogens is 2. The molecule has 2 aromatic rings. The zero-order valence-electron chi connectivity index (χ0n) is 24.2. The summed E-state index contributed by atoms with van der Waals surface area (Å²) in [6.45, 7) is 12.9. The SMILES string of the molecule is CC(C)(C)OC(=O)N1CC[C@@H](NCc2cc3c(cn2)OCCO3)C1.c1nc(CN[C@@H]2CCNC2)cc2c1OCCO2. The van der Waals surface area contributed by atoms with Gasteiger partial charge in [-0.3, -0.25) is 9.97 Å². The molecule has 0 spiro atoms. The predicted octanol–water partition coefficient (Wildman–Crippen LogP) is 2.26. The first-order chi connectivity index (χ1) is 19.8. The van der Waals surface area contributed by atoms with Gasteiger partial charge in [0, 0.05) is 56.9 Å². The summed E-state index contributed by atoms with van der Waals surface area (Å²) in [6, 6.07) is 4.67. The maximum absolute atomic E-state index is 12.1. The number of nitrogens with one attached hydrogen (secondary N) is 3. The zero-order chi connectivity index (χ0) is 28.7. The molecule has 12 nitrogen and oxygen atoms in total. The van der Waals surface area contributed by atoms with Crippen molar-refractivity contribution in [1.82, 2.24) is 30.8 Å². The Morgan fingerprint density at radius 3 is 2.00 bits per heavy atom. The van der Waals surface area contributed by atoms with E-state index in [1.807, 2.05) is 32.9 Å². The van der Waals surface area contributed by atoms with Crippen molar-refractivity contribution in [1.29, 1.82) is 0 Å². The maximum atomic E-state index is 12.1. The lowest BCUT2D eigenvalue weighted by Gasteiger charge is -2.24. The summed E-state index contributed by atoms with van der Waals surface area (Å²) in [5, 5.41) is 10.3. The minimum Gasteiger partial charge on any atom is -0.486 e. The second-order valence-electron chi connectivity index (χ2n) is 11.5. The molecule has 224 valence electrons. The van der Waals surface area contributed by atoms with Gasteiger partial charge in [0.05, 0.1) is 23.8 Å². The summed E-state index contributed by atoms with van der Waals surface area (Å²) in [5.41, 5.74) is 1.44. The number of carbonyl (C=O) groups excluding carboxylic acids is 1. The van der Waals surface area contributed by atoms with E-state index in [4.69, 9.17) is 23.7 Å². The average molecular weight is 571 g/mol. The molecule has 6 rings (SSSR count). The van der Waals surface area contributed by atoms with E-state index in [-0.39, 0.29) is 12.1 Å². The van der Waals surface area contributed by atoms with Crippen molar-refractivity contribution in [3.8, 4) is 23.0 Å². The van der Waals surface area contributed by atoms with Crippen LogP contribution in [0.15, 0.2) is 24.5 Å². The molecule has 0 aromatic carbocycles. The summed E-state index contributed by atoms with van der Waals surface area (Å²) in [7, 11) is 0. The highest BCUT2D eigenvalue weighted by Gasteiger charge is 2.29. The third kappa shape index (κ3) is 8.57. The van der Waals surface area contributed by atoms with Gasteiger partial charge in [-0.1, -0.05) is 0 Å². The Bertz CT molecular complexity index is 1170. The monoisotopic (exact) mass is 570 g/mol. The Balaban J connectivity index is 0.000000174. The van der Waals surface area contributed by atoms with Crippen molar-refractivity contribution in [2.24, 2.45) is 0 Å². The quantitative estimate of drug-likeness (QED) is 0.473. The normalized spacial score (nSPS) is 21.2. The van der Waals surface area contributed by atoms with E-state index in [0.717, 1.165) is 54.7 Å². The van der Waals surface area contributed by atoms with Crippen LogP contribution >= 0.6 is 0 Å². The van der Waals surface area contributed by atoms with Crippen molar-refractivity contribution < 1.29 is 28.5 Å². The number of carbonyl (C=O) groups is 1. The summed E-state index contributed by atoms with van der Waals surface area (Å²) >= 11 is 0. The number of amides is 1. The lowest BCUT2D eigenvalue weighted by atomic mass is 10.2. The molecule has 0 aliphatic carbocycles. The molecule has 4 aliphatic rings. The second kappa shape index (κ2) is 13.5. The van der Waals surface area contributed by atoms with Gasteiger partial charge in [0.1, 0.15) is 32.0 Å². The molecule has 12 heteroatoms. The number of likely N-dealkylation sites (tertiary alicyclic amines) is 1. The van der Waals surface area contributed by atoms with Crippen LogP contribution < -0.4 is 34.9 Å². The summed E-state index contributed by atoms with van der Waals surface area (Å²) in [6.07, 6.45) is 5.30. The molecule has 0 bridgehead atoms. The van der Waals surface area contributed by atoms with Crippen LogP contribution in [0.1, 0.15) is 45.0 Å². The molecule has 2 atom stereocenters. The number of hydrogen-bond donors (Lipinski definition) is 3. The number of hydrogen-bond acceptors (Lipinski definition) is 11. The van der Waals surface area contributed by atoms with Gasteiger partial charge in [0.2, 0.25) is 0 Å². The molecule has 3 N–H and O–H groups in total. The fourth-order valence-electron chi connectivity index (χ4n) is 4.92. The fraction of sp³-hybridized carbons (Fsp3) is 0.621. The topological polar surface area (TPSA) is 128 Å². The summed E-state index contributed by atoms with van der Waals surface area (Å²) in [4.78, 5) is 22.6. The Morgan fingerprint density at radius 1 is 0.902 bits per heavy atom. The maximum Gasteiger partial charge on any atom is 0.410 e. The minimum absolute atomic E-state index is 0.243. The molecular weight excluding hydrogens is 528 g/mol. The van der Waals surface area contributed by atoms with Gasteiger partial charge in [-0.15, -0.1) is 0 Å². The van der Waals surface area contributed by atoms with E-state index in [9.17, 15) is 4.79 Å². The van der Waals surface area contributed by atoms with Crippen molar-refractivity contribution in [2.45, 2.75) is 64.4 Å². The Kier molecular flexibility index (Phi) is 9.63. The Hall–Kier alpha value is -3.35. The third-order valence-corrected chi connectivity index (χ3v) is 7.02. The first kappa shape index (κ1) is 29.2. The molecule has 0 radical (unpaired) electrons. The first-order valence-corrected chi connectivity index (χ1v) is 14.5. The van der Waals surface area contributed by atoms with Gasteiger partial charge in [0.25, 0.3) is 0 Å². The summed E-state index contributed by atoms with van der Waals surface area (Å²) in [5.74, 6) is 3.01. The van der Waals surface area contributed by atoms with Crippen LogP contribution in [-0.2, 0) is 17.8 Å². The van der Waals surface area contributed by atoms with Gasteiger partial charge < -0.3 is 44.5 Å². The van der Waals surface area contributed by atoms with Crippen LogP contribution in [-0.4, -0.2) is 91.3 Å². The van der Waals surface area contributed by atoms with Crippen LogP contribution in [0.5, 0.6) is 23.0 Å². The summed E-state index contributed by atoms with van der Waals surface area (Å²) < 4.78 is 27.4. The standard InChI is InChI=1S/C17H25N3O4.C12H17N3O2/c1-17(2,3)24-16(21)20-5-4-12(11-20)18-9-13-8-14-15(10-19-13)23-7-6-22-14;1-2-13-6-9(1)14-7-10-5-11-12(8-15-10)17-4-3-16-11/h8,10,12,18H,4-7,9,11H2,1-3H3;5,8-9,13-14H,1-4,6-7H2/t12-;9-/m11/s1. The number of nitrogens with zero attached hydrogens (tertiary/aromatic N) is 3. The van der Waals surface area contributed by atoms with E-state index >= 15 is 0 Å². The third-order valence-electron chi connectivity index (χ3n) is 7.02. The fourth-order valence-corrected chi connectivity index (χ4v) is 4.92. The van der Waals surface area contributed by atoms with Gasteiger partial charge in [0.15, 0.2) is 23.0 Å². The highest BCUT2D eigenvalue weighted by atomic mass is 16.6. The second-order valence-corrected chi connectivity index (χ2v) is 11.5. The van der Waals surface area contributed by atoms with Gasteiger partial charge in [-0.2, -0.15) is 0 Å². The van der Waals surface area contributed by atoms with E-state index < -0.39 is 5.60 Å². The Labute approximate surface area is 241 Å². The first-order valence-electron chi connectivity index (χ1n) is 14.5. The average Bonchev–Trinajstić information content (AvgIpc) is 3.67. The van der Waals surface area contributed by atoms with Crippen molar-refractivity contribution >= 4 is 6.09 Å². The van der Waals surface area contributed by atoms with Crippen LogP contribution in [0, 0.1) is 0 Å². The van der Waals surface area contributed by atoms with Crippen LogP contribution in [0.4, 0.5) is 4.79 Å². The number of fused-ring (bicyclic) bond motifs is 2. The molecule has 1 amide bonds. The van der Waals surface area contributed by atoms with Gasteiger partial charge in [-0.25, -0.2) is 4.79 Å². The van der Waals surface area contributed by atoms with Crippen molar-refractivity contribution in [3.05, 3.63) is 35.9 Å². The smallest absolute Gasteiger partial charge is 0.410 e. The molecule has 0 saturated carbocycles. The van der Waals surface area contributed by atoms with Crippen molar-refractivity contribution in [3.63, 3.8) is 0 Å². The molecule has 2 fully saturated rings. The highest BCUT2D eigenvalue weighted by molar-refractivity contribution is 5.68. The molecule has 6 heterocycles. The lowest BCUT2D eigenvalue weighted by Crippen LogP contribution is -2.38. The van der Waals surface area contributed by atoms with E-state index in [1.54, 1.807) is 17.3 Å². The van der Waals surface area contributed by atoms with Gasteiger partial charge >= 0.3 is 6.09 Å². The molecule has 0 unspecified atom stereocenters. The highest BCUT2D eigenvalue weighted by Crippen LogP contribution is 2.30. The van der Waals surface area contributed by atoms with E-state index in [2.05, 4.69) is 25.9 Å². The molecular formula is C29H42N6O6. The minimum atomic E-state index is -0.461. The largest absolute Gasteiger partial charge is 0.486 e. The van der Waals surface area contributed by atoms with Crippen molar-refractivity contribution in [2.75, 3.05) is 52.6 Å². The van der Waals surface area contributed by atoms with Crippen LogP contribution in [0.2, 0.25) is 0 Å². The molecule has 2 aromatic heterocycles.